The third kappa shape index (κ3) is 4.94. The van der Waals surface area contributed by atoms with Gasteiger partial charge in [-0.05, 0) is 53.9 Å². The second kappa shape index (κ2) is 9.09. The minimum absolute atomic E-state index is 0.0140. The molecule has 0 saturated heterocycles. The summed E-state index contributed by atoms with van der Waals surface area (Å²) in [4.78, 5) is 19.9. The molecule has 3 aromatic carbocycles. The molecule has 30 heavy (non-hydrogen) atoms. The molecule has 0 aliphatic rings. The molecule has 0 bridgehead atoms. The highest BCUT2D eigenvalue weighted by atomic mass is 16.5. The summed E-state index contributed by atoms with van der Waals surface area (Å²) in [5.74, 6) is 1.61. The van der Waals surface area contributed by atoms with Gasteiger partial charge in [0.1, 0.15) is 29.6 Å². The first kappa shape index (κ1) is 19.5. The minimum atomic E-state index is -0.0140. The van der Waals surface area contributed by atoms with Crippen molar-refractivity contribution in [2.75, 3.05) is 0 Å². The number of aromatic amines is 1. The monoisotopic (exact) mass is 398 g/mol. The summed E-state index contributed by atoms with van der Waals surface area (Å²) in [7, 11) is 0. The molecule has 0 aliphatic heterocycles. The van der Waals surface area contributed by atoms with Crippen molar-refractivity contribution in [3.63, 3.8) is 0 Å². The molecule has 0 unspecified atom stereocenters. The summed E-state index contributed by atoms with van der Waals surface area (Å²) in [5, 5.41) is 9.53. The molecule has 4 aromatic rings. The Morgan fingerprint density at radius 1 is 0.933 bits per heavy atom. The van der Waals surface area contributed by atoms with Crippen molar-refractivity contribution < 1.29 is 14.6 Å². The van der Waals surface area contributed by atoms with Gasteiger partial charge in [-0.3, -0.25) is 4.79 Å². The standard InChI is InChI=1S/C25H22N2O3/c28-21-8-4-7-18(15-21)9-14-24(29)23-16-26-25(27-23)20-10-12-22(13-11-20)30-17-19-5-2-1-3-6-19/h1-8,10-13,15-16,28H,9,14,17H2,(H,26,27). The van der Waals surface area contributed by atoms with Crippen LogP contribution in [0.25, 0.3) is 11.4 Å². The number of ketones is 1. The number of carbonyl (C=O) groups is 1. The third-order valence-corrected chi connectivity index (χ3v) is 4.80. The Morgan fingerprint density at radius 3 is 2.47 bits per heavy atom. The largest absolute Gasteiger partial charge is 0.508 e. The Hall–Kier alpha value is -3.86. The zero-order chi connectivity index (χ0) is 20.8. The number of hydrogen-bond acceptors (Lipinski definition) is 4. The Morgan fingerprint density at radius 2 is 1.70 bits per heavy atom. The smallest absolute Gasteiger partial charge is 0.180 e. The number of phenolic OH excluding ortho intramolecular Hbond substituents is 1. The Kier molecular flexibility index (Phi) is 5.90. The second-order valence-corrected chi connectivity index (χ2v) is 7.04. The number of H-pyrrole nitrogens is 1. The molecule has 2 N–H and O–H groups in total. The maximum absolute atomic E-state index is 12.5. The van der Waals surface area contributed by atoms with Gasteiger partial charge in [-0.1, -0.05) is 42.5 Å². The summed E-state index contributed by atoms with van der Waals surface area (Å²) >= 11 is 0. The molecule has 0 fully saturated rings. The average Bonchev–Trinajstić information content (AvgIpc) is 3.28. The number of hydrogen-bond donors (Lipinski definition) is 2. The van der Waals surface area contributed by atoms with Crippen LogP contribution >= 0.6 is 0 Å². The normalized spacial score (nSPS) is 10.7. The van der Waals surface area contributed by atoms with E-state index in [9.17, 15) is 9.90 Å². The number of aromatic nitrogens is 2. The van der Waals surface area contributed by atoms with Gasteiger partial charge in [0, 0.05) is 12.0 Å². The highest BCUT2D eigenvalue weighted by molar-refractivity contribution is 5.94. The van der Waals surface area contributed by atoms with Crippen LogP contribution in [0.5, 0.6) is 11.5 Å². The first-order valence-corrected chi connectivity index (χ1v) is 9.81. The molecule has 0 atom stereocenters. The fraction of sp³-hybridized carbons (Fsp3) is 0.120. The summed E-state index contributed by atoms with van der Waals surface area (Å²) < 4.78 is 5.81. The van der Waals surface area contributed by atoms with E-state index in [0.29, 0.717) is 31.0 Å². The molecule has 1 heterocycles. The summed E-state index contributed by atoms with van der Waals surface area (Å²) in [6, 6.07) is 24.6. The molecule has 5 heteroatoms. The van der Waals surface area contributed by atoms with E-state index in [2.05, 4.69) is 9.97 Å². The molecule has 0 amide bonds. The van der Waals surface area contributed by atoms with Gasteiger partial charge in [0.25, 0.3) is 0 Å². The number of nitrogens with zero attached hydrogens (tertiary/aromatic N) is 1. The fourth-order valence-electron chi connectivity index (χ4n) is 3.16. The average molecular weight is 398 g/mol. The highest BCUT2D eigenvalue weighted by Gasteiger charge is 2.11. The predicted octanol–water partition coefficient (Wildman–Crippen LogP) is 5.18. The van der Waals surface area contributed by atoms with Crippen molar-refractivity contribution >= 4 is 5.78 Å². The second-order valence-electron chi connectivity index (χ2n) is 7.04. The van der Waals surface area contributed by atoms with E-state index >= 15 is 0 Å². The van der Waals surface area contributed by atoms with Crippen molar-refractivity contribution in [2.24, 2.45) is 0 Å². The number of imidazole rings is 1. The summed E-state index contributed by atoms with van der Waals surface area (Å²) in [6.07, 6.45) is 2.48. The number of aryl methyl sites for hydroxylation is 1. The number of ether oxygens (including phenoxy) is 1. The van der Waals surface area contributed by atoms with Crippen LogP contribution in [0.3, 0.4) is 0 Å². The lowest BCUT2D eigenvalue weighted by atomic mass is 10.1. The lowest BCUT2D eigenvalue weighted by Crippen LogP contribution is -2.01. The first-order chi connectivity index (χ1) is 14.7. The van der Waals surface area contributed by atoms with E-state index in [0.717, 1.165) is 22.4 Å². The van der Waals surface area contributed by atoms with Crippen LogP contribution in [-0.4, -0.2) is 20.9 Å². The number of nitrogens with one attached hydrogen (secondary N) is 1. The molecular formula is C25H22N2O3. The molecule has 0 saturated carbocycles. The van der Waals surface area contributed by atoms with E-state index in [1.165, 1.54) is 0 Å². The third-order valence-electron chi connectivity index (χ3n) is 4.80. The number of aromatic hydroxyl groups is 1. The van der Waals surface area contributed by atoms with Crippen LogP contribution in [0.1, 0.15) is 28.0 Å². The number of carbonyl (C=O) groups excluding carboxylic acids is 1. The van der Waals surface area contributed by atoms with Crippen molar-refractivity contribution in [2.45, 2.75) is 19.4 Å². The van der Waals surface area contributed by atoms with Gasteiger partial charge in [-0.15, -0.1) is 0 Å². The number of benzene rings is 3. The van der Waals surface area contributed by atoms with E-state index in [1.807, 2.05) is 60.7 Å². The van der Waals surface area contributed by atoms with Gasteiger partial charge in [0.05, 0.1) is 6.20 Å². The van der Waals surface area contributed by atoms with Crippen LogP contribution in [0.15, 0.2) is 85.1 Å². The minimum Gasteiger partial charge on any atom is -0.508 e. The van der Waals surface area contributed by atoms with E-state index in [-0.39, 0.29) is 11.5 Å². The quantitative estimate of drug-likeness (QED) is 0.401. The molecule has 0 spiro atoms. The highest BCUT2D eigenvalue weighted by Crippen LogP contribution is 2.21. The SMILES string of the molecule is O=C(CCc1cccc(O)c1)c1cnc(-c2ccc(OCc3ccccc3)cc2)[nH]1. The topological polar surface area (TPSA) is 75.2 Å². The zero-order valence-corrected chi connectivity index (χ0v) is 16.4. The predicted molar refractivity (Wildman–Crippen MR) is 116 cm³/mol. The van der Waals surface area contributed by atoms with E-state index in [1.54, 1.807) is 24.4 Å². The van der Waals surface area contributed by atoms with Crippen LogP contribution in [0.4, 0.5) is 0 Å². The van der Waals surface area contributed by atoms with Gasteiger partial charge in [-0.2, -0.15) is 0 Å². The van der Waals surface area contributed by atoms with Gasteiger partial charge >= 0.3 is 0 Å². The van der Waals surface area contributed by atoms with Crippen LogP contribution < -0.4 is 4.74 Å². The van der Waals surface area contributed by atoms with Gasteiger partial charge in [0.2, 0.25) is 0 Å². The summed E-state index contributed by atoms with van der Waals surface area (Å²) in [5.41, 5.74) is 3.40. The molecule has 1 aromatic heterocycles. The van der Waals surface area contributed by atoms with Crippen molar-refractivity contribution in [1.29, 1.82) is 0 Å². The lowest BCUT2D eigenvalue weighted by Gasteiger charge is -2.06. The zero-order valence-electron chi connectivity index (χ0n) is 16.4. The molecular weight excluding hydrogens is 376 g/mol. The Bertz CT molecular complexity index is 1120. The van der Waals surface area contributed by atoms with Gasteiger partial charge in [-0.25, -0.2) is 4.98 Å². The van der Waals surface area contributed by atoms with Crippen LogP contribution in [0.2, 0.25) is 0 Å². The number of rotatable bonds is 8. The lowest BCUT2D eigenvalue weighted by molar-refractivity contribution is 0.0978. The summed E-state index contributed by atoms with van der Waals surface area (Å²) in [6.45, 7) is 0.513. The van der Waals surface area contributed by atoms with Crippen LogP contribution in [0, 0.1) is 0 Å². The molecule has 5 nitrogen and oxygen atoms in total. The Balaban J connectivity index is 1.35. The van der Waals surface area contributed by atoms with Crippen LogP contribution in [-0.2, 0) is 13.0 Å². The van der Waals surface area contributed by atoms with E-state index in [4.69, 9.17) is 4.74 Å². The fourth-order valence-corrected chi connectivity index (χ4v) is 3.16. The molecule has 4 rings (SSSR count). The van der Waals surface area contributed by atoms with Crippen molar-refractivity contribution in [1.82, 2.24) is 9.97 Å². The first-order valence-electron chi connectivity index (χ1n) is 9.81. The Labute approximate surface area is 175 Å². The van der Waals surface area contributed by atoms with Crippen molar-refractivity contribution in [3.05, 3.63) is 102 Å². The number of Topliss-reactive ketones (excluding diaryl/α,β-unsaturated/α-hetero) is 1. The molecule has 150 valence electrons. The number of phenols is 1. The van der Waals surface area contributed by atoms with Gasteiger partial charge < -0.3 is 14.8 Å². The van der Waals surface area contributed by atoms with E-state index < -0.39 is 0 Å². The van der Waals surface area contributed by atoms with Gasteiger partial charge in [0.15, 0.2) is 5.78 Å². The molecule has 0 radical (unpaired) electrons. The maximum atomic E-state index is 12.5. The maximum Gasteiger partial charge on any atom is 0.180 e. The van der Waals surface area contributed by atoms with Crippen molar-refractivity contribution in [3.8, 4) is 22.9 Å². The molecule has 0 aliphatic carbocycles.